The molecular formula is C34H32N4O7. The van der Waals surface area contributed by atoms with Gasteiger partial charge in [0.2, 0.25) is 5.91 Å². The highest BCUT2D eigenvalue weighted by atomic mass is 16.3. The molecule has 0 saturated carbocycles. The maximum absolute atomic E-state index is 13.4. The lowest BCUT2D eigenvalue weighted by Gasteiger charge is -2.20. The van der Waals surface area contributed by atoms with Crippen molar-refractivity contribution < 1.29 is 35.1 Å². The maximum Gasteiger partial charge on any atom is 0.252 e. The maximum atomic E-state index is 13.4. The molecule has 0 aliphatic carbocycles. The molecule has 0 unspecified atom stereocenters. The van der Waals surface area contributed by atoms with Gasteiger partial charge in [-0.05, 0) is 47.4 Å². The zero-order chi connectivity index (χ0) is 31.9. The fraction of sp³-hybridized carbons (Fsp3) is 0.147. The molecule has 230 valence electrons. The third-order valence-electron chi connectivity index (χ3n) is 7.30. The van der Waals surface area contributed by atoms with Gasteiger partial charge in [-0.2, -0.15) is 0 Å². The number of nitrogens with one attached hydrogen (secondary N) is 2. The molecule has 0 spiro atoms. The topological polar surface area (TPSA) is 177 Å². The molecule has 45 heavy (non-hydrogen) atoms. The lowest BCUT2D eigenvalue weighted by atomic mass is 9.98. The number of aromatic nitrogens is 2. The van der Waals surface area contributed by atoms with E-state index in [-0.39, 0.29) is 36.1 Å². The molecule has 5 aromatic rings. The van der Waals surface area contributed by atoms with E-state index in [2.05, 4.69) is 15.6 Å². The van der Waals surface area contributed by atoms with Gasteiger partial charge in [-0.15, -0.1) is 0 Å². The number of carbonyl (C=O) groups is 2. The van der Waals surface area contributed by atoms with Crippen LogP contribution in [0.1, 0.15) is 38.8 Å². The summed E-state index contributed by atoms with van der Waals surface area (Å²) in [5.74, 6) is -3.96. The lowest BCUT2D eigenvalue weighted by molar-refractivity contribution is -0.122. The molecule has 0 radical (unpaired) electrons. The second-order valence-electron chi connectivity index (χ2n) is 10.5. The van der Waals surface area contributed by atoms with E-state index in [1.165, 1.54) is 12.1 Å². The highest BCUT2D eigenvalue weighted by Gasteiger charge is 2.25. The Balaban J connectivity index is 1.38. The summed E-state index contributed by atoms with van der Waals surface area (Å²) in [5, 5.41) is 54.2. The largest absolute Gasteiger partial charge is 0.504 e. The first-order valence-electron chi connectivity index (χ1n) is 14.2. The first-order chi connectivity index (χ1) is 21.7. The number of hydrogen-bond donors (Lipinski definition) is 7. The van der Waals surface area contributed by atoms with Crippen LogP contribution < -0.4 is 10.6 Å². The van der Waals surface area contributed by atoms with Crippen molar-refractivity contribution in [3.63, 3.8) is 0 Å². The first-order valence-corrected chi connectivity index (χ1v) is 14.2. The molecule has 0 saturated heterocycles. The van der Waals surface area contributed by atoms with E-state index in [1.54, 1.807) is 12.4 Å². The van der Waals surface area contributed by atoms with Crippen molar-refractivity contribution in [2.75, 3.05) is 6.54 Å². The molecule has 1 heterocycles. The normalized spacial score (nSPS) is 11.7. The van der Waals surface area contributed by atoms with E-state index in [4.69, 9.17) is 0 Å². The number of hydrogen-bond acceptors (Lipinski definition) is 8. The van der Waals surface area contributed by atoms with Gasteiger partial charge in [0.05, 0.1) is 18.1 Å². The van der Waals surface area contributed by atoms with E-state index in [0.29, 0.717) is 17.7 Å². The predicted molar refractivity (Wildman–Crippen MR) is 165 cm³/mol. The van der Waals surface area contributed by atoms with Gasteiger partial charge in [-0.25, -0.2) is 4.98 Å². The molecule has 1 atom stereocenters. The molecule has 7 N–H and O–H groups in total. The smallest absolute Gasteiger partial charge is 0.252 e. The Morgan fingerprint density at radius 1 is 0.756 bits per heavy atom. The predicted octanol–water partition coefficient (Wildman–Crippen LogP) is 3.75. The van der Waals surface area contributed by atoms with Crippen molar-refractivity contribution in [1.29, 1.82) is 0 Å². The van der Waals surface area contributed by atoms with Crippen LogP contribution in [0.25, 0.3) is 0 Å². The van der Waals surface area contributed by atoms with Gasteiger partial charge in [0.15, 0.2) is 28.7 Å². The van der Waals surface area contributed by atoms with Gasteiger partial charge in [0, 0.05) is 24.7 Å². The molecule has 0 aliphatic rings. The Bertz CT molecular complexity index is 1730. The van der Waals surface area contributed by atoms with Crippen LogP contribution in [-0.2, 0) is 17.6 Å². The average Bonchev–Trinajstić information content (AvgIpc) is 3.49. The SMILES string of the molecule is O=C(N[C@@H](Cc1cn(C(c2ccccc2)c2ccccc2)cn1)C(=O)NCCc1ccc(O)c(O)c1)c1cc(O)c(O)c(O)c1. The van der Waals surface area contributed by atoms with E-state index >= 15 is 0 Å². The summed E-state index contributed by atoms with van der Waals surface area (Å²) >= 11 is 0. The molecular weight excluding hydrogens is 576 g/mol. The summed E-state index contributed by atoms with van der Waals surface area (Å²) in [6.07, 6.45) is 3.83. The van der Waals surface area contributed by atoms with Crippen LogP contribution in [0.3, 0.4) is 0 Å². The molecule has 5 rings (SSSR count). The Morgan fingerprint density at radius 3 is 1.98 bits per heavy atom. The number of benzene rings is 4. The minimum atomic E-state index is -1.11. The number of nitrogens with zero attached hydrogens (tertiary/aromatic N) is 2. The van der Waals surface area contributed by atoms with E-state index in [1.807, 2.05) is 71.4 Å². The lowest BCUT2D eigenvalue weighted by Crippen LogP contribution is -2.48. The Kier molecular flexibility index (Phi) is 9.18. The third kappa shape index (κ3) is 7.34. The molecule has 0 aliphatic heterocycles. The number of aromatic hydroxyl groups is 5. The van der Waals surface area contributed by atoms with Crippen LogP contribution in [-0.4, -0.2) is 59.5 Å². The number of phenols is 5. The quantitative estimate of drug-likeness (QED) is 0.111. The number of rotatable bonds is 11. The van der Waals surface area contributed by atoms with Gasteiger partial charge >= 0.3 is 0 Å². The second kappa shape index (κ2) is 13.6. The van der Waals surface area contributed by atoms with Gasteiger partial charge < -0.3 is 40.7 Å². The number of imidazole rings is 1. The van der Waals surface area contributed by atoms with Crippen molar-refractivity contribution in [2.45, 2.75) is 24.9 Å². The molecule has 11 heteroatoms. The number of amides is 2. The molecule has 4 aromatic carbocycles. The van der Waals surface area contributed by atoms with E-state index in [0.717, 1.165) is 23.3 Å². The van der Waals surface area contributed by atoms with Crippen LogP contribution in [0, 0.1) is 0 Å². The molecule has 11 nitrogen and oxygen atoms in total. The van der Waals surface area contributed by atoms with Crippen LogP contribution in [0.4, 0.5) is 0 Å². The van der Waals surface area contributed by atoms with Crippen molar-refractivity contribution in [1.82, 2.24) is 20.2 Å². The first kappa shape index (κ1) is 30.5. The second-order valence-corrected chi connectivity index (χ2v) is 10.5. The highest BCUT2D eigenvalue weighted by Crippen LogP contribution is 2.35. The van der Waals surface area contributed by atoms with Crippen molar-refractivity contribution in [3.8, 4) is 28.7 Å². The van der Waals surface area contributed by atoms with E-state index < -0.39 is 35.1 Å². The third-order valence-corrected chi connectivity index (χ3v) is 7.30. The Morgan fingerprint density at radius 2 is 1.38 bits per heavy atom. The molecule has 0 bridgehead atoms. The number of carbonyl (C=O) groups excluding carboxylic acids is 2. The van der Waals surface area contributed by atoms with E-state index in [9.17, 15) is 35.1 Å². The minimum absolute atomic E-state index is 0.0108. The summed E-state index contributed by atoms with van der Waals surface area (Å²) in [7, 11) is 0. The summed E-state index contributed by atoms with van der Waals surface area (Å²) in [4.78, 5) is 31.1. The van der Waals surface area contributed by atoms with Gasteiger partial charge in [-0.3, -0.25) is 9.59 Å². The molecule has 2 amide bonds. The van der Waals surface area contributed by atoms with Crippen LogP contribution >= 0.6 is 0 Å². The highest BCUT2D eigenvalue weighted by molar-refractivity contribution is 5.98. The minimum Gasteiger partial charge on any atom is -0.504 e. The summed E-state index contributed by atoms with van der Waals surface area (Å²) in [6.45, 7) is 0.161. The van der Waals surface area contributed by atoms with Gasteiger partial charge in [-0.1, -0.05) is 66.7 Å². The van der Waals surface area contributed by atoms with Crippen LogP contribution in [0.15, 0.2) is 104 Å². The van der Waals surface area contributed by atoms with Crippen LogP contribution in [0.5, 0.6) is 28.7 Å². The van der Waals surface area contributed by atoms with Crippen molar-refractivity contribution >= 4 is 11.8 Å². The Labute approximate surface area is 258 Å². The standard InChI is InChI=1S/C34H32N4O7/c39-27-12-11-21(15-28(27)40)13-14-35-34(45)26(37-33(44)24-16-29(41)32(43)30(42)17-24)18-25-19-38(20-36-25)31(22-7-3-1-4-8-22)23-9-5-2-6-10-23/h1-12,15-17,19-20,26,31,39-43H,13-14,18H2,(H,35,45)(H,37,44)/t26-/m0/s1. The summed E-state index contributed by atoms with van der Waals surface area (Å²) < 4.78 is 1.93. The Hall–Kier alpha value is -5.97. The molecule has 1 aromatic heterocycles. The van der Waals surface area contributed by atoms with Gasteiger partial charge in [0.25, 0.3) is 5.91 Å². The number of phenolic OH excluding ortho intramolecular Hbond substituents is 5. The molecule has 0 fully saturated rings. The zero-order valence-corrected chi connectivity index (χ0v) is 24.0. The van der Waals surface area contributed by atoms with Gasteiger partial charge in [0.1, 0.15) is 6.04 Å². The monoisotopic (exact) mass is 608 g/mol. The average molecular weight is 609 g/mol. The summed E-state index contributed by atoms with van der Waals surface area (Å²) in [6, 6.07) is 24.8. The zero-order valence-electron chi connectivity index (χ0n) is 24.0. The fourth-order valence-corrected chi connectivity index (χ4v) is 5.01. The fourth-order valence-electron chi connectivity index (χ4n) is 5.01. The summed E-state index contributed by atoms with van der Waals surface area (Å²) in [5.41, 5.74) is 3.09. The van der Waals surface area contributed by atoms with Crippen molar-refractivity contribution in [3.05, 3.63) is 131 Å². The van der Waals surface area contributed by atoms with Crippen LogP contribution in [0.2, 0.25) is 0 Å². The van der Waals surface area contributed by atoms with Crippen molar-refractivity contribution in [2.24, 2.45) is 0 Å².